The number of amides is 2. The zero-order chi connectivity index (χ0) is 21.8. The Balaban J connectivity index is 1.70. The van der Waals surface area contributed by atoms with E-state index in [1.54, 1.807) is 25.3 Å². The van der Waals surface area contributed by atoms with E-state index in [0.29, 0.717) is 32.6 Å². The Morgan fingerprint density at radius 2 is 1.52 bits per heavy atom. The van der Waals surface area contributed by atoms with E-state index in [4.69, 9.17) is 16.3 Å². The molecule has 0 saturated heterocycles. The van der Waals surface area contributed by atoms with Gasteiger partial charge in [0.15, 0.2) is 0 Å². The molecule has 6 heteroatoms. The zero-order valence-corrected chi connectivity index (χ0v) is 18.5. The quantitative estimate of drug-likeness (QED) is 0.443. The van der Waals surface area contributed by atoms with Crippen molar-refractivity contribution in [3.8, 4) is 5.75 Å². The molecule has 2 amide bonds. The minimum Gasteiger partial charge on any atom is -0.496 e. The summed E-state index contributed by atoms with van der Waals surface area (Å²) >= 11 is 7.35. The third-order valence-corrected chi connectivity index (χ3v) is 6.38. The van der Waals surface area contributed by atoms with Gasteiger partial charge in [-0.25, -0.2) is 0 Å². The molecule has 1 aliphatic rings. The normalized spacial score (nSPS) is 13.8. The maximum Gasteiger partial charge on any atom is 0.268 e. The van der Waals surface area contributed by atoms with Crippen LogP contribution in [0.15, 0.2) is 83.8 Å². The van der Waals surface area contributed by atoms with Crippen LogP contribution in [0.4, 0.5) is 0 Å². The largest absolute Gasteiger partial charge is 0.496 e. The van der Waals surface area contributed by atoms with Gasteiger partial charge in [-0.05, 0) is 29.3 Å². The van der Waals surface area contributed by atoms with Crippen LogP contribution >= 0.6 is 23.4 Å². The number of nitrogens with zero attached hydrogens (tertiary/aromatic N) is 1. The monoisotopic (exact) mass is 449 g/mol. The minimum absolute atomic E-state index is 0.183. The van der Waals surface area contributed by atoms with Gasteiger partial charge in [0.25, 0.3) is 11.8 Å². The van der Waals surface area contributed by atoms with E-state index in [-0.39, 0.29) is 18.4 Å². The Kier molecular flexibility index (Phi) is 6.44. The van der Waals surface area contributed by atoms with Crippen LogP contribution in [0.2, 0.25) is 5.02 Å². The van der Waals surface area contributed by atoms with Crippen LogP contribution in [0.3, 0.4) is 0 Å². The first kappa shape index (κ1) is 21.2. The second-order valence-electron chi connectivity index (χ2n) is 7.00. The number of thioether (sulfide) groups is 1. The molecule has 0 spiro atoms. The number of halogens is 1. The van der Waals surface area contributed by atoms with Crippen molar-refractivity contribution in [1.29, 1.82) is 0 Å². The van der Waals surface area contributed by atoms with Gasteiger partial charge in [0.2, 0.25) is 0 Å². The van der Waals surface area contributed by atoms with E-state index >= 15 is 0 Å². The lowest BCUT2D eigenvalue weighted by Crippen LogP contribution is -2.30. The van der Waals surface area contributed by atoms with Crippen molar-refractivity contribution < 1.29 is 14.3 Å². The van der Waals surface area contributed by atoms with Gasteiger partial charge in [-0.2, -0.15) is 0 Å². The number of rotatable bonds is 7. The molecule has 0 fully saturated rings. The highest BCUT2D eigenvalue weighted by Gasteiger charge is 2.40. The molecule has 156 valence electrons. The molecule has 0 atom stereocenters. The minimum atomic E-state index is -0.319. The van der Waals surface area contributed by atoms with Gasteiger partial charge in [0.1, 0.15) is 5.75 Å². The molecule has 4 nitrogen and oxygen atoms in total. The Morgan fingerprint density at radius 3 is 2.23 bits per heavy atom. The van der Waals surface area contributed by atoms with Crippen LogP contribution < -0.4 is 4.74 Å². The first-order chi connectivity index (χ1) is 15.1. The smallest absolute Gasteiger partial charge is 0.268 e. The Labute approximate surface area is 190 Å². The first-order valence-corrected chi connectivity index (χ1v) is 11.1. The molecule has 0 radical (unpaired) electrons. The predicted octanol–water partition coefficient (Wildman–Crippen LogP) is 5.56. The average Bonchev–Trinajstić information content (AvgIpc) is 3.03. The number of methoxy groups -OCH3 is 1. The zero-order valence-electron chi connectivity index (χ0n) is 16.9. The van der Waals surface area contributed by atoms with Gasteiger partial charge < -0.3 is 4.74 Å². The molecule has 0 aromatic heterocycles. The Bertz CT molecular complexity index is 1140. The highest BCUT2D eigenvalue weighted by molar-refractivity contribution is 8.03. The average molecular weight is 450 g/mol. The van der Waals surface area contributed by atoms with Crippen LogP contribution in [0.5, 0.6) is 5.75 Å². The summed E-state index contributed by atoms with van der Waals surface area (Å²) in [6.07, 6.45) is 0. The van der Waals surface area contributed by atoms with Crippen LogP contribution in [-0.2, 0) is 21.9 Å². The van der Waals surface area contributed by atoms with Gasteiger partial charge in [0.05, 0.1) is 24.1 Å². The number of hydrogen-bond donors (Lipinski definition) is 0. The summed E-state index contributed by atoms with van der Waals surface area (Å²) in [7, 11) is 1.56. The van der Waals surface area contributed by atoms with E-state index in [1.807, 2.05) is 60.7 Å². The number of hydrogen-bond acceptors (Lipinski definition) is 4. The highest BCUT2D eigenvalue weighted by Crippen LogP contribution is 2.41. The van der Waals surface area contributed by atoms with Crippen LogP contribution in [0.1, 0.15) is 16.7 Å². The fraction of sp³-hybridized carbons (Fsp3) is 0.120. The van der Waals surface area contributed by atoms with Crippen molar-refractivity contribution in [3.63, 3.8) is 0 Å². The summed E-state index contributed by atoms with van der Waals surface area (Å²) < 4.78 is 5.48. The molecule has 1 heterocycles. The molecular weight excluding hydrogens is 430 g/mol. The van der Waals surface area contributed by atoms with E-state index in [2.05, 4.69) is 0 Å². The number of benzene rings is 3. The second kappa shape index (κ2) is 9.41. The van der Waals surface area contributed by atoms with Crippen LogP contribution in [0, 0.1) is 0 Å². The number of carbonyl (C=O) groups is 2. The SMILES string of the molecule is COc1ccccc1C1=C(SCc2ccccc2)C(=O)N(Cc2ccc(Cl)cc2)C1=O. The third kappa shape index (κ3) is 4.53. The van der Waals surface area contributed by atoms with Crippen LogP contribution in [0.25, 0.3) is 5.57 Å². The van der Waals surface area contributed by atoms with Crippen molar-refractivity contribution >= 4 is 40.8 Å². The van der Waals surface area contributed by atoms with Gasteiger partial charge in [-0.1, -0.05) is 72.3 Å². The summed E-state index contributed by atoms with van der Waals surface area (Å²) in [5, 5.41) is 0.606. The molecule has 3 aromatic rings. The lowest BCUT2D eigenvalue weighted by atomic mass is 10.0. The van der Waals surface area contributed by atoms with E-state index in [9.17, 15) is 9.59 Å². The molecule has 3 aromatic carbocycles. The van der Waals surface area contributed by atoms with Gasteiger partial charge in [-0.3, -0.25) is 14.5 Å². The summed E-state index contributed by atoms with van der Waals surface area (Å²) in [6.45, 7) is 0.183. The summed E-state index contributed by atoms with van der Waals surface area (Å²) in [5.41, 5.74) is 2.92. The van der Waals surface area contributed by atoms with E-state index < -0.39 is 0 Å². The molecule has 31 heavy (non-hydrogen) atoms. The number of para-hydroxylation sites is 1. The second-order valence-corrected chi connectivity index (χ2v) is 8.42. The van der Waals surface area contributed by atoms with Crippen molar-refractivity contribution in [2.45, 2.75) is 12.3 Å². The van der Waals surface area contributed by atoms with E-state index in [0.717, 1.165) is 11.1 Å². The predicted molar refractivity (Wildman–Crippen MR) is 125 cm³/mol. The Morgan fingerprint density at radius 1 is 0.839 bits per heavy atom. The van der Waals surface area contributed by atoms with Gasteiger partial charge >= 0.3 is 0 Å². The standard InChI is InChI=1S/C25H20ClNO3S/c1-30-21-10-6-5-9-20(21)22-23(31-16-18-7-3-2-4-8-18)25(29)27(24(22)28)15-17-11-13-19(26)14-12-17/h2-14H,15-16H2,1H3. The molecule has 4 rings (SSSR count). The maximum atomic E-state index is 13.4. The molecule has 0 unspecified atom stereocenters. The number of ether oxygens (including phenoxy) is 1. The summed E-state index contributed by atoms with van der Waals surface area (Å²) in [4.78, 5) is 28.5. The number of imide groups is 1. The summed E-state index contributed by atoms with van der Waals surface area (Å²) in [5.74, 6) is 0.536. The molecule has 0 bridgehead atoms. The van der Waals surface area contributed by atoms with Crippen molar-refractivity contribution in [3.05, 3.63) is 105 Å². The first-order valence-electron chi connectivity index (χ1n) is 9.73. The fourth-order valence-electron chi connectivity index (χ4n) is 3.42. The molecule has 0 aliphatic carbocycles. The molecular formula is C25H20ClNO3S. The lowest BCUT2D eigenvalue weighted by Gasteiger charge is -2.15. The molecule has 1 aliphatic heterocycles. The fourth-order valence-corrected chi connectivity index (χ4v) is 4.63. The topological polar surface area (TPSA) is 46.6 Å². The van der Waals surface area contributed by atoms with Gasteiger partial charge in [0, 0.05) is 16.3 Å². The molecule has 0 N–H and O–H groups in total. The number of carbonyl (C=O) groups excluding carboxylic acids is 2. The Hall–Kier alpha value is -3.02. The van der Waals surface area contributed by atoms with E-state index in [1.165, 1.54) is 16.7 Å². The lowest BCUT2D eigenvalue weighted by molar-refractivity contribution is -0.137. The van der Waals surface area contributed by atoms with Crippen LogP contribution in [-0.4, -0.2) is 23.8 Å². The van der Waals surface area contributed by atoms with Crippen molar-refractivity contribution in [1.82, 2.24) is 4.90 Å². The third-order valence-electron chi connectivity index (χ3n) is 4.98. The van der Waals surface area contributed by atoms with Crippen molar-refractivity contribution in [2.75, 3.05) is 7.11 Å². The molecule has 0 saturated carbocycles. The van der Waals surface area contributed by atoms with Gasteiger partial charge in [-0.15, -0.1) is 11.8 Å². The van der Waals surface area contributed by atoms with Crippen molar-refractivity contribution in [2.24, 2.45) is 0 Å². The summed E-state index contributed by atoms with van der Waals surface area (Å²) in [6, 6.07) is 24.3. The maximum absolute atomic E-state index is 13.4. The highest BCUT2D eigenvalue weighted by atomic mass is 35.5.